The first-order valence-electron chi connectivity index (χ1n) is 10.7. The van der Waals surface area contributed by atoms with Crippen LogP contribution in [0.3, 0.4) is 0 Å². The third-order valence-corrected chi connectivity index (χ3v) is 6.01. The molecular formula is C28H17N3O2. The summed E-state index contributed by atoms with van der Waals surface area (Å²) in [6, 6.07) is 28.2. The van der Waals surface area contributed by atoms with Gasteiger partial charge in [-0.3, -0.25) is 9.88 Å². The number of nitrogens with zero attached hydrogens (tertiary/aromatic N) is 3. The molecule has 156 valence electrons. The number of hydrogen-bond acceptors (Lipinski definition) is 5. The lowest BCUT2D eigenvalue weighted by Gasteiger charge is -2.24. The molecule has 0 spiro atoms. The topological polar surface area (TPSA) is 55.3 Å². The fourth-order valence-corrected chi connectivity index (χ4v) is 4.54. The summed E-state index contributed by atoms with van der Waals surface area (Å²) < 4.78 is 12.3. The molecule has 4 heterocycles. The molecule has 0 aliphatic rings. The fourth-order valence-electron chi connectivity index (χ4n) is 4.54. The highest BCUT2D eigenvalue weighted by atomic mass is 16.3. The van der Waals surface area contributed by atoms with E-state index in [0.717, 1.165) is 61.1 Å². The molecule has 0 amide bonds. The van der Waals surface area contributed by atoms with Crippen LogP contribution in [0.15, 0.2) is 112 Å². The third-order valence-electron chi connectivity index (χ3n) is 6.01. The molecule has 0 aliphatic heterocycles. The first-order valence-corrected chi connectivity index (χ1v) is 10.7. The Morgan fingerprint density at radius 1 is 0.606 bits per heavy atom. The first kappa shape index (κ1) is 18.0. The quantitative estimate of drug-likeness (QED) is 0.289. The summed E-state index contributed by atoms with van der Waals surface area (Å²) in [6.45, 7) is 0. The van der Waals surface area contributed by atoms with Gasteiger partial charge in [0.1, 0.15) is 28.1 Å². The highest BCUT2D eigenvalue weighted by Crippen LogP contribution is 2.42. The van der Waals surface area contributed by atoms with Crippen molar-refractivity contribution in [2.45, 2.75) is 0 Å². The van der Waals surface area contributed by atoms with Crippen molar-refractivity contribution >= 4 is 61.1 Å². The lowest BCUT2D eigenvalue weighted by Crippen LogP contribution is -2.11. The monoisotopic (exact) mass is 427 g/mol. The molecule has 0 saturated carbocycles. The van der Waals surface area contributed by atoms with Gasteiger partial charge in [0, 0.05) is 46.5 Å². The molecular weight excluding hydrogens is 410 g/mol. The van der Waals surface area contributed by atoms with E-state index in [9.17, 15) is 0 Å². The molecule has 7 rings (SSSR count). The van der Waals surface area contributed by atoms with Gasteiger partial charge in [-0.15, -0.1) is 0 Å². The Bertz CT molecular complexity index is 1780. The van der Waals surface area contributed by atoms with Crippen molar-refractivity contribution in [3.63, 3.8) is 0 Å². The van der Waals surface area contributed by atoms with Crippen molar-refractivity contribution in [3.05, 3.63) is 104 Å². The standard InChI is InChI=1S/C28H17N3O2/c1-2-7-18(8-3-1)31(22-10-6-12-25-28(22)21-16-29-14-13-24(21)32-25)27-15-26-20(17-30-27)19-9-4-5-11-23(19)33-26/h1-17H. The van der Waals surface area contributed by atoms with Gasteiger partial charge in [0.25, 0.3) is 0 Å². The van der Waals surface area contributed by atoms with E-state index in [2.05, 4.69) is 34.1 Å². The minimum absolute atomic E-state index is 0.762. The maximum absolute atomic E-state index is 6.16. The van der Waals surface area contributed by atoms with Crippen LogP contribution < -0.4 is 4.90 Å². The second-order valence-corrected chi connectivity index (χ2v) is 7.93. The Morgan fingerprint density at radius 3 is 2.33 bits per heavy atom. The summed E-state index contributed by atoms with van der Waals surface area (Å²) in [5.74, 6) is 0.762. The number of hydrogen-bond donors (Lipinski definition) is 0. The Kier molecular flexibility index (Phi) is 3.78. The number of aromatic nitrogens is 2. The number of benzene rings is 3. The summed E-state index contributed by atoms with van der Waals surface area (Å²) in [7, 11) is 0. The summed E-state index contributed by atoms with van der Waals surface area (Å²) >= 11 is 0. The van der Waals surface area contributed by atoms with Crippen LogP contribution in [0.1, 0.15) is 0 Å². The zero-order chi connectivity index (χ0) is 21.8. The van der Waals surface area contributed by atoms with Gasteiger partial charge in [0.15, 0.2) is 0 Å². The minimum atomic E-state index is 0.762. The predicted octanol–water partition coefficient (Wildman–Crippen LogP) is 7.75. The molecule has 4 aromatic heterocycles. The van der Waals surface area contributed by atoms with Crippen molar-refractivity contribution in [1.29, 1.82) is 0 Å². The van der Waals surface area contributed by atoms with Crippen molar-refractivity contribution in [3.8, 4) is 0 Å². The number of pyridine rings is 2. The fraction of sp³-hybridized carbons (Fsp3) is 0. The Balaban J connectivity index is 1.53. The Hall–Kier alpha value is -4.64. The Labute approximate surface area is 188 Å². The molecule has 0 unspecified atom stereocenters. The zero-order valence-electron chi connectivity index (χ0n) is 17.5. The number of anilines is 3. The molecule has 0 radical (unpaired) electrons. The first-order chi connectivity index (χ1) is 16.4. The molecule has 0 bridgehead atoms. The molecule has 0 N–H and O–H groups in total. The Morgan fingerprint density at radius 2 is 1.39 bits per heavy atom. The van der Waals surface area contributed by atoms with Gasteiger partial charge in [0.05, 0.1) is 11.1 Å². The predicted molar refractivity (Wildman–Crippen MR) is 131 cm³/mol. The van der Waals surface area contributed by atoms with Crippen molar-refractivity contribution in [2.24, 2.45) is 0 Å². The van der Waals surface area contributed by atoms with Crippen molar-refractivity contribution < 1.29 is 8.83 Å². The summed E-state index contributed by atoms with van der Waals surface area (Å²) in [5, 5.41) is 4.02. The van der Waals surface area contributed by atoms with E-state index < -0.39 is 0 Å². The van der Waals surface area contributed by atoms with Crippen LogP contribution in [0.5, 0.6) is 0 Å². The summed E-state index contributed by atoms with van der Waals surface area (Å²) in [6.07, 6.45) is 5.49. The van der Waals surface area contributed by atoms with Gasteiger partial charge in [-0.05, 0) is 36.4 Å². The van der Waals surface area contributed by atoms with E-state index in [-0.39, 0.29) is 0 Å². The number of fused-ring (bicyclic) bond motifs is 6. The van der Waals surface area contributed by atoms with Gasteiger partial charge in [-0.2, -0.15) is 0 Å². The molecule has 0 atom stereocenters. The summed E-state index contributed by atoms with van der Waals surface area (Å²) in [4.78, 5) is 11.3. The molecule has 33 heavy (non-hydrogen) atoms. The van der Waals surface area contributed by atoms with Crippen LogP contribution in [-0.2, 0) is 0 Å². The third kappa shape index (κ3) is 2.72. The molecule has 0 fully saturated rings. The maximum atomic E-state index is 6.16. The zero-order valence-corrected chi connectivity index (χ0v) is 17.5. The maximum Gasteiger partial charge on any atom is 0.141 e. The van der Waals surface area contributed by atoms with Crippen LogP contribution in [-0.4, -0.2) is 9.97 Å². The van der Waals surface area contributed by atoms with E-state index in [1.54, 1.807) is 6.20 Å². The van der Waals surface area contributed by atoms with Crippen molar-refractivity contribution in [1.82, 2.24) is 9.97 Å². The largest absolute Gasteiger partial charge is 0.456 e. The van der Waals surface area contributed by atoms with Crippen LogP contribution in [0.4, 0.5) is 17.2 Å². The van der Waals surface area contributed by atoms with Crippen LogP contribution >= 0.6 is 0 Å². The van der Waals surface area contributed by atoms with E-state index in [0.29, 0.717) is 0 Å². The lowest BCUT2D eigenvalue weighted by atomic mass is 10.1. The highest BCUT2D eigenvalue weighted by molar-refractivity contribution is 6.13. The molecule has 0 saturated heterocycles. The van der Waals surface area contributed by atoms with E-state index in [4.69, 9.17) is 13.8 Å². The van der Waals surface area contributed by atoms with Crippen LogP contribution in [0, 0.1) is 0 Å². The minimum Gasteiger partial charge on any atom is -0.456 e. The van der Waals surface area contributed by atoms with Crippen molar-refractivity contribution in [2.75, 3.05) is 4.90 Å². The van der Waals surface area contributed by atoms with Crippen LogP contribution in [0.2, 0.25) is 0 Å². The summed E-state index contributed by atoms with van der Waals surface area (Å²) in [5.41, 5.74) is 5.22. The molecule has 5 heteroatoms. The second-order valence-electron chi connectivity index (χ2n) is 7.93. The highest BCUT2D eigenvalue weighted by Gasteiger charge is 2.21. The molecule has 0 aliphatic carbocycles. The number of furan rings is 2. The van der Waals surface area contributed by atoms with E-state index in [1.807, 2.05) is 73.1 Å². The average Bonchev–Trinajstić information content (AvgIpc) is 3.43. The smallest absolute Gasteiger partial charge is 0.141 e. The van der Waals surface area contributed by atoms with Crippen LogP contribution in [0.25, 0.3) is 43.9 Å². The van der Waals surface area contributed by atoms with Gasteiger partial charge in [-0.25, -0.2) is 4.98 Å². The lowest BCUT2D eigenvalue weighted by molar-refractivity contribution is 0.668. The van der Waals surface area contributed by atoms with E-state index >= 15 is 0 Å². The number of rotatable bonds is 3. The average molecular weight is 427 g/mol. The van der Waals surface area contributed by atoms with Gasteiger partial charge in [-0.1, -0.05) is 42.5 Å². The van der Waals surface area contributed by atoms with Gasteiger partial charge >= 0.3 is 0 Å². The molecule has 3 aromatic carbocycles. The second kappa shape index (κ2) is 6.93. The van der Waals surface area contributed by atoms with E-state index in [1.165, 1.54) is 0 Å². The molecule has 5 nitrogen and oxygen atoms in total. The van der Waals surface area contributed by atoms with Gasteiger partial charge in [0.2, 0.25) is 0 Å². The number of para-hydroxylation sites is 2. The molecule has 7 aromatic rings. The van der Waals surface area contributed by atoms with Gasteiger partial charge < -0.3 is 8.83 Å². The SMILES string of the molecule is c1ccc(N(c2cc3oc4ccccc4c3cn2)c2cccc3oc4ccncc4c23)cc1. The normalized spacial score (nSPS) is 11.6.